The molecule has 0 saturated heterocycles. The van der Waals surface area contributed by atoms with Crippen molar-refractivity contribution in [3.05, 3.63) is 79.9 Å². The molecule has 0 aromatic heterocycles. The molecule has 0 saturated carbocycles. The van der Waals surface area contributed by atoms with E-state index < -0.39 is 9.85 Å². The average Bonchev–Trinajstić information content (AvgIpc) is 2.62. The lowest BCUT2D eigenvalue weighted by molar-refractivity contribution is -0.421. The third kappa shape index (κ3) is 7.18. The summed E-state index contributed by atoms with van der Waals surface area (Å²) in [6.07, 6.45) is 4.95. The monoisotopic (exact) mass is 378 g/mol. The number of nitrogens with zero attached hydrogens (tertiary/aromatic N) is 2. The highest BCUT2D eigenvalue weighted by molar-refractivity contribution is 5.45. The quantitative estimate of drug-likeness (QED) is 0.200. The maximum Gasteiger partial charge on any atom is 0.310 e. The molecule has 0 aliphatic rings. The van der Waals surface area contributed by atoms with Gasteiger partial charge in [0.15, 0.2) is 5.75 Å². The number of ether oxygens (including phenoxy) is 2. The SMILES string of the molecule is C\C=C/C(=C(\C=C(\O)CCC)OCCOc1ccccc1[N+](=O)[O-])[N+](=O)[O-]. The number of nitro groups is 2. The van der Waals surface area contributed by atoms with Crippen LogP contribution in [0.5, 0.6) is 5.75 Å². The average molecular weight is 378 g/mol. The van der Waals surface area contributed by atoms with Crippen LogP contribution in [-0.4, -0.2) is 28.2 Å². The summed E-state index contributed by atoms with van der Waals surface area (Å²) in [5, 5.41) is 32.0. The molecule has 0 unspecified atom stereocenters. The van der Waals surface area contributed by atoms with E-state index in [2.05, 4.69) is 0 Å². The summed E-state index contributed by atoms with van der Waals surface area (Å²) in [5.41, 5.74) is -0.500. The molecule has 0 aliphatic heterocycles. The summed E-state index contributed by atoms with van der Waals surface area (Å²) in [6, 6.07) is 5.87. The molecule has 1 aromatic rings. The van der Waals surface area contributed by atoms with E-state index in [-0.39, 0.29) is 41.9 Å². The van der Waals surface area contributed by atoms with Crippen molar-refractivity contribution in [2.45, 2.75) is 26.7 Å². The Labute approximate surface area is 156 Å². The van der Waals surface area contributed by atoms with Gasteiger partial charge < -0.3 is 14.6 Å². The van der Waals surface area contributed by atoms with Crippen molar-refractivity contribution in [3.63, 3.8) is 0 Å². The molecule has 0 radical (unpaired) electrons. The van der Waals surface area contributed by atoms with Gasteiger partial charge in [0.2, 0.25) is 5.76 Å². The van der Waals surface area contributed by atoms with Gasteiger partial charge in [-0.1, -0.05) is 25.1 Å². The topological polar surface area (TPSA) is 125 Å². The second-order valence-electron chi connectivity index (χ2n) is 5.31. The first-order valence-corrected chi connectivity index (χ1v) is 8.30. The van der Waals surface area contributed by atoms with Crippen LogP contribution in [0.4, 0.5) is 5.69 Å². The first-order chi connectivity index (χ1) is 12.9. The number of aliphatic hydroxyl groups excluding tert-OH is 1. The Hall–Kier alpha value is -3.36. The summed E-state index contributed by atoms with van der Waals surface area (Å²) >= 11 is 0. The van der Waals surface area contributed by atoms with Crippen molar-refractivity contribution in [1.82, 2.24) is 0 Å². The highest BCUT2D eigenvalue weighted by atomic mass is 16.6. The minimum absolute atomic E-state index is 0.0454. The number of nitro benzene ring substituents is 1. The smallest absolute Gasteiger partial charge is 0.310 e. The maximum absolute atomic E-state index is 11.2. The molecule has 0 aliphatic carbocycles. The summed E-state index contributed by atoms with van der Waals surface area (Å²) in [5.74, 6) is -0.0878. The molecule has 0 bridgehead atoms. The molecule has 0 spiro atoms. The molecule has 0 atom stereocenters. The Morgan fingerprint density at radius 3 is 2.52 bits per heavy atom. The van der Waals surface area contributed by atoms with Crippen LogP contribution in [0, 0.1) is 20.2 Å². The van der Waals surface area contributed by atoms with Gasteiger partial charge in [-0.15, -0.1) is 0 Å². The van der Waals surface area contributed by atoms with Crippen molar-refractivity contribution in [3.8, 4) is 5.75 Å². The van der Waals surface area contributed by atoms with Crippen LogP contribution in [0.25, 0.3) is 0 Å². The van der Waals surface area contributed by atoms with Crippen molar-refractivity contribution in [1.29, 1.82) is 0 Å². The fourth-order valence-corrected chi connectivity index (χ4v) is 2.09. The third-order valence-corrected chi connectivity index (χ3v) is 3.24. The Balaban J connectivity index is 2.89. The number of hydrogen-bond donors (Lipinski definition) is 1. The standard InChI is InChI=1S/C18H22N2O7/c1-3-7-14(21)13-18(15(8-4-2)19(22)23)27-12-11-26-17-10-6-5-9-16(17)20(24)25/h4-6,8-10,13,21H,3,7,11-12H2,1-2H3/b8-4-,14-13+,18-15-. The number of para-hydroxylation sites is 2. The first-order valence-electron chi connectivity index (χ1n) is 8.30. The molecule has 0 heterocycles. The summed E-state index contributed by atoms with van der Waals surface area (Å²) in [4.78, 5) is 21.0. The molecule has 9 nitrogen and oxygen atoms in total. The lowest BCUT2D eigenvalue weighted by atomic mass is 10.2. The predicted octanol–water partition coefficient (Wildman–Crippen LogP) is 4.30. The fourth-order valence-electron chi connectivity index (χ4n) is 2.09. The van der Waals surface area contributed by atoms with E-state index in [4.69, 9.17) is 9.47 Å². The Morgan fingerprint density at radius 2 is 1.93 bits per heavy atom. The normalized spacial score (nSPS) is 12.6. The van der Waals surface area contributed by atoms with Gasteiger partial charge in [-0.05, 0) is 19.4 Å². The van der Waals surface area contributed by atoms with Crippen LogP contribution >= 0.6 is 0 Å². The lowest BCUT2D eigenvalue weighted by Crippen LogP contribution is -2.10. The maximum atomic E-state index is 11.2. The van der Waals surface area contributed by atoms with Gasteiger partial charge in [0, 0.05) is 24.6 Å². The number of hydrogen-bond acceptors (Lipinski definition) is 7. The number of rotatable bonds is 11. The van der Waals surface area contributed by atoms with Crippen molar-refractivity contribution >= 4 is 5.69 Å². The zero-order valence-corrected chi connectivity index (χ0v) is 15.2. The van der Waals surface area contributed by atoms with Gasteiger partial charge in [0.05, 0.1) is 15.6 Å². The van der Waals surface area contributed by atoms with E-state index in [1.165, 1.54) is 36.4 Å². The molecule has 27 heavy (non-hydrogen) atoms. The van der Waals surface area contributed by atoms with Gasteiger partial charge in [-0.25, -0.2) is 0 Å². The van der Waals surface area contributed by atoms with Crippen molar-refractivity contribution < 1.29 is 24.4 Å². The van der Waals surface area contributed by atoms with Gasteiger partial charge in [0.25, 0.3) is 0 Å². The molecule has 0 fully saturated rings. The van der Waals surface area contributed by atoms with Crippen LogP contribution < -0.4 is 4.74 Å². The summed E-state index contributed by atoms with van der Waals surface area (Å²) < 4.78 is 10.8. The zero-order valence-electron chi connectivity index (χ0n) is 15.2. The molecule has 1 N–H and O–H groups in total. The molecular formula is C18H22N2O7. The van der Waals surface area contributed by atoms with Crippen LogP contribution in [0.2, 0.25) is 0 Å². The number of aliphatic hydroxyl groups is 1. The Bertz CT molecular complexity index is 754. The van der Waals surface area contributed by atoms with E-state index in [1.54, 1.807) is 13.0 Å². The van der Waals surface area contributed by atoms with E-state index in [9.17, 15) is 25.3 Å². The van der Waals surface area contributed by atoms with Gasteiger partial charge in [-0.2, -0.15) is 0 Å². The molecule has 1 rings (SSSR count). The van der Waals surface area contributed by atoms with Crippen molar-refractivity contribution in [2.24, 2.45) is 0 Å². The van der Waals surface area contributed by atoms with Gasteiger partial charge in [0.1, 0.15) is 13.2 Å². The van der Waals surface area contributed by atoms with Gasteiger partial charge in [-0.3, -0.25) is 20.2 Å². The Kier molecular flexibility index (Phi) is 9.07. The van der Waals surface area contributed by atoms with E-state index >= 15 is 0 Å². The summed E-state index contributed by atoms with van der Waals surface area (Å²) in [7, 11) is 0. The third-order valence-electron chi connectivity index (χ3n) is 3.24. The molecule has 9 heteroatoms. The van der Waals surface area contributed by atoms with Crippen LogP contribution in [0.15, 0.2) is 59.7 Å². The van der Waals surface area contributed by atoms with Gasteiger partial charge >= 0.3 is 11.4 Å². The Morgan fingerprint density at radius 1 is 1.22 bits per heavy atom. The van der Waals surface area contributed by atoms with Crippen LogP contribution in [-0.2, 0) is 4.74 Å². The second kappa shape index (κ2) is 11.3. The minimum Gasteiger partial charge on any atom is -0.512 e. The van der Waals surface area contributed by atoms with E-state index in [0.29, 0.717) is 12.8 Å². The van der Waals surface area contributed by atoms with Crippen molar-refractivity contribution in [2.75, 3.05) is 13.2 Å². The minimum atomic E-state index is -0.617. The first kappa shape index (κ1) is 21.7. The molecule has 1 aromatic carbocycles. The fraction of sp³-hybridized carbons (Fsp3) is 0.333. The highest BCUT2D eigenvalue weighted by Crippen LogP contribution is 2.25. The molecule has 146 valence electrons. The summed E-state index contributed by atoms with van der Waals surface area (Å²) in [6.45, 7) is 3.30. The predicted molar refractivity (Wildman–Crippen MR) is 99.0 cm³/mol. The zero-order chi connectivity index (χ0) is 20.2. The second-order valence-corrected chi connectivity index (χ2v) is 5.31. The largest absolute Gasteiger partial charge is 0.512 e. The van der Waals surface area contributed by atoms with Crippen LogP contribution in [0.1, 0.15) is 26.7 Å². The number of allylic oxidation sites excluding steroid dienone is 4. The lowest BCUT2D eigenvalue weighted by Gasteiger charge is -2.10. The molecular weight excluding hydrogens is 356 g/mol. The highest BCUT2D eigenvalue weighted by Gasteiger charge is 2.17. The number of benzene rings is 1. The van der Waals surface area contributed by atoms with E-state index in [1.807, 2.05) is 6.92 Å². The van der Waals surface area contributed by atoms with Crippen LogP contribution in [0.3, 0.4) is 0 Å². The van der Waals surface area contributed by atoms with E-state index in [0.717, 1.165) is 0 Å². The molecule has 0 amide bonds.